The maximum Gasteiger partial charge on any atom is 0.343 e. The van der Waals surface area contributed by atoms with Crippen LogP contribution in [-0.4, -0.2) is 41.4 Å². The van der Waals surface area contributed by atoms with Crippen LogP contribution in [0.2, 0.25) is 0 Å². The van der Waals surface area contributed by atoms with E-state index < -0.39 is 11.7 Å². The minimum absolute atomic E-state index is 0.166. The number of para-hydroxylation sites is 1. The summed E-state index contributed by atoms with van der Waals surface area (Å²) in [6, 6.07) is 6.92. The molecule has 0 radical (unpaired) electrons. The zero-order valence-corrected chi connectivity index (χ0v) is 16.2. The van der Waals surface area contributed by atoms with Crippen molar-refractivity contribution < 1.29 is 23.8 Å². The molecule has 8 fully saturated rings. The van der Waals surface area contributed by atoms with Crippen LogP contribution in [0, 0.1) is 47.3 Å². The Labute approximate surface area is 168 Å². The van der Waals surface area contributed by atoms with Gasteiger partial charge in [0.2, 0.25) is 0 Å². The van der Waals surface area contributed by atoms with E-state index in [1.807, 2.05) is 0 Å². The van der Waals surface area contributed by atoms with E-state index in [1.165, 1.54) is 13.3 Å². The summed E-state index contributed by atoms with van der Waals surface area (Å²) >= 11 is 0. The van der Waals surface area contributed by atoms with Gasteiger partial charge in [-0.2, -0.15) is 0 Å². The lowest BCUT2D eigenvalue weighted by Gasteiger charge is -2.47. The first-order valence-corrected chi connectivity index (χ1v) is 11.0. The average molecular weight is 393 g/mol. The van der Waals surface area contributed by atoms with Crippen LogP contribution in [0.1, 0.15) is 30.1 Å². The first-order chi connectivity index (χ1) is 14.1. The Morgan fingerprint density at radius 1 is 1.10 bits per heavy atom. The Morgan fingerprint density at radius 3 is 2.76 bits per heavy atom. The standard InChI is InChI=1S/C23H23NO5/c1-10(25)28-14-6-3-2-5-11(14)21(26)29-23-18-13-9-12-15-16(13)20(23)19(15)22(17(12)18)24(23)7-4-8-27-22/h2-3,5-6,12-13,15-20H,4,7-9H2,1H3/t12-,13+,15-,16+,17-,18-,19-,20-,22+,23-/m1/s1. The normalized spacial score (nSPS) is 53.4. The number of esters is 2. The molecule has 0 amide bonds. The summed E-state index contributed by atoms with van der Waals surface area (Å²) in [6.45, 7) is 3.14. The van der Waals surface area contributed by atoms with Gasteiger partial charge in [0.25, 0.3) is 0 Å². The van der Waals surface area contributed by atoms with Crippen molar-refractivity contribution in [3.63, 3.8) is 0 Å². The lowest BCUT2D eigenvalue weighted by molar-refractivity contribution is -0.213. The molecule has 3 aliphatic heterocycles. The van der Waals surface area contributed by atoms with Crippen LogP contribution in [0.5, 0.6) is 5.75 Å². The molecule has 1 aromatic carbocycles. The minimum atomic E-state index is -0.507. The number of hydrogen-bond donors (Lipinski definition) is 0. The highest BCUT2D eigenvalue weighted by Gasteiger charge is 3.00. The van der Waals surface area contributed by atoms with E-state index in [4.69, 9.17) is 14.2 Å². The lowest BCUT2D eigenvalue weighted by atomic mass is 9.58. The number of carbonyl (C=O) groups is 2. The number of hydrogen-bond acceptors (Lipinski definition) is 6. The molecule has 29 heavy (non-hydrogen) atoms. The van der Waals surface area contributed by atoms with Gasteiger partial charge in [0.1, 0.15) is 17.0 Å². The maximum atomic E-state index is 13.5. The molecule has 0 aromatic heterocycles. The van der Waals surface area contributed by atoms with Gasteiger partial charge in [-0.1, -0.05) is 12.1 Å². The van der Waals surface area contributed by atoms with Crippen molar-refractivity contribution in [2.24, 2.45) is 47.3 Å². The predicted octanol–water partition coefficient (Wildman–Crippen LogP) is 2.28. The number of carbonyl (C=O) groups excluding carboxylic acids is 2. The van der Waals surface area contributed by atoms with Crippen molar-refractivity contribution in [2.45, 2.75) is 31.2 Å². The summed E-state index contributed by atoms with van der Waals surface area (Å²) in [7, 11) is 0. The fraction of sp³-hybridized carbons (Fsp3) is 0.652. The fourth-order valence-electron chi connectivity index (χ4n) is 9.83. The van der Waals surface area contributed by atoms with Crippen molar-refractivity contribution >= 4 is 11.9 Å². The molecule has 0 unspecified atom stereocenters. The van der Waals surface area contributed by atoms with Crippen molar-refractivity contribution in [1.29, 1.82) is 0 Å². The van der Waals surface area contributed by atoms with E-state index in [1.54, 1.807) is 24.3 Å². The van der Waals surface area contributed by atoms with Gasteiger partial charge in [-0.3, -0.25) is 4.79 Å². The highest BCUT2D eigenvalue weighted by molar-refractivity contribution is 5.93. The van der Waals surface area contributed by atoms with Crippen LogP contribution in [0.3, 0.4) is 0 Å². The molecule has 1 aromatic rings. The summed E-state index contributed by atoms with van der Waals surface area (Å²) < 4.78 is 18.5. The van der Waals surface area contributed by atoms with Crippen molar-refractivity contribution in [3.8, 4) is 5.75 Å². The van der Waals surface area contributed by atoms with Crippen molar-refractivity contribution in [3.05, 3.63) is 29.8 Å². The van der Waals surface area contributed by atoms with Crippen molar-refractivity contribution in [2.75, 3.05) is 13.2 Å². The summed E-state index contributed by atoms with van der Waals surface area (Å²) in [5.41, 5.74) is -0.333. The molecule has 8 aliphatic rings. The largest absolute Gasteiger partial charge is 0.439 e. The fourth-order valence-corrected chi connectivity index (χ4v) is 9.83. The van der Waals surface area contributed by atoms with Gasteiger partial charge in [-0.15, -0.1) is 0 Å². The van der Waals surface area contributed by atoms with Crippen LogP contribution >= 0.6 is 0 Å². The van der Waals surface area contributed by atoms with Gasteiger partial charge in [-0.05, 0) is 48.6 Å². The second-order valence-electron chi connectivity index (χ2n) is 10.2. The number of rotatable bonds is 3. The number of nitrogens with zero attached hydrogens (tertiary/aromatic N) is 1. The zero-order chi connectivity index (χ0) is 19.3. The summed E-state index contributed by atoms with van der Waals surface area (Å²) in [4.78, 5) is 27.5. The van der Waals surface area contributed by atoms with Gasteiger partial charge in [0, 0.05) is 37.1 Å². The zero-order valence-electron chi connectivity index (χ0n) is 16.2. The molecule has 10 atom stereocenters. The molecule has 3 heterocycles. The topological polar surface area (TPSA) is 65.1 Å². The van der Waals surface area contributed by atoms with Crippen LogP contribution in [-0.2, 0) is 14.3 Å². The highest BCUT2D eigenvalue weighted by Crippen LogP contribution is 2.94. The number of benzene rings is 1. The van der Waals surface area contributed by atoms with E-state index in [0.717, 1.165) is 37.3 Å². The van der Waals surface area contributed by atoms with E-state index in [2.05, 4.69) is 4.90 Å². The van der Waals surface area contributed by atoms with Crippen LogP contribution in [0.15, 0.2) is 24.3 Å². The van der Waals surface area contributed by atoms with E-state index in [0.29, 0.717) is 35.2 Å². The molecule has 0 N–H and O–H groups in total. The first kappa shape index (κ1) is 15.9. The number of ether oxygens (including phenoxy) is 3. The van der Waals surface area contributed by atoms with E-state index in [9.17, 15) is 9.59 Å². The van der Waals surface area contributed by atoms with E-state index in [-0.39, 0.29) is 17.4 Å². The molecular formula is C23H23NO5. The Hall–Kier alpha value is -1.92. The summed E-state index contributed by atoms with van der Waals surface area (Å²) in [5, 5.41) is 0. The predicted molar refractivity (Wildman–Crippen MR) is 98.4 cm³/mol. The second kappa shape index (κ2) is 4.54. The third-order valence-corrected chi connectivity index (χ3v) is 9.73. The molecule has 1 spiro atoms. The summed E-state index contributed by atoms with van der Waals surface area (Å²) in [5.74, 6) is 4.39. The molecule has 3 saturated heterocycles. The Balaban J connectivity index is 1.24. The molecule has 6 nitrogen and oxygen atoms in total. The maximum absolute atomic E-state index is 13.5. The SMILES string of the molecule is CC(=O)Oc1ccccc1C(=O)O[C@]12[C@@H]3[C@H]4C[C@@H]5[C@@H]6[C@H]4[C@@H]1[C@@H]6[C@@]1(OCCCN21)[C@H]53. The molecule has 6 heteroatoms. The van der Waals surface area contributed by atoms with E-state index >= 15 is 0 Å². The Kier molecular flexibility index (Phi) is 2.49. The monoisotopic (exact) mass is 393 g/mol. The quantitative estimate of drug-likeness (QED) is 0.580. The third kappa shape index (κ3) is 1.34. The van der Waals surface area contributed by atoms with Gasteiger partial charge in [0.05, 0.1) is 6.61 Å². The molecule has 4 bridgehead atoms. The minimum Gasteiger partial charge on any atom is -0.439 e. The molecule has 5 aliphatic carbocycles. The summed E-state index contributed by atoms with van der Waals surface area (Å²) in [6.07, 6.45) is 2.30. The third-order valence-electron chi connectivity index (χ3n) is 9.73. The molecule has 9 rings (SSSR count). The van der Waals surface area contributed by atoms with Gasteiger partial charge in [-0.25, -0.2) is 9.69 Å². The molecular weight excluding hydrogens is 370 g/mol. The van der Waals surface area contributed by atoms with Crippen LogP contribution in [0.4, 0.5) is 0 Å². The van der Waals surface area contributed by atoms with Gasteiger partial charge in [0.15, 0.2) is 5.72 Å². The highest BCUT2D eigenvalue weighted by atomic mass is 16.6. The first-order valence-electron chi connectivity index (χ1n) is 11.0. The Bertz CT molecular complexity index is 1010. The lowest BCUT2D eigenvalue weighted by Crippen LogP contribution is -2.56. The average Bonchev–Trinajstić information content (AvgIpc) is 3.32. The smallest absolute Gasteiger partial charge is 0.343 e. The van der Waals surface area contributed by atoms with Crippen molar-refractivity contribution in [1.82, 2.24) is 4.90 Å². The van der Waals surface area contributed by atoms with Crippen LogP contribution < -0.4 is 4.74 Å². The molecule has 150 valence electrons. The Morgan fingerprint density at radius 2 is 1.90 bits per heavy atom. The van der Waals surface area contributed by atoms with Gasteiger partial charge >= 0.3 is 11.9 Å². The molecule has 5 saturated carbocycles. The van der Waals surface area contributed by atoms with Gasteiger partial charge < -0.3 is 14.2 Å². The van der Waals surface area contributed by atoms with Crippen LogP contribution in [0.25, 0.3) is 0 Å². The second-order valence-corrected chi connectivity index (χ2v) is 10.2.